The van der Waals surface area contributed by atoms with Gasteiger partial charge in [-0.2, -0.15) is 20.7 Å². The second-order valence-corrected chi connectivity index (χ2v) is 20.3. The van der Waals surface area contributed by atoms with Crippen LogP contribution in [0.2, 0.25) is 0 Å². The molecule has 1 atom stereocenters. The predicted molar refractivity (Wildman–Crippen MR) is 223 cm³/mol. The van der Waals surface area contributed by atoms with E-state index >= 15 is 0 Å². The highest BCUT2D eigenvalue weighted by Crippen LogP contribution is 2.63. The summed E-state index contributed by atoms with van der Waals surface area (Å²) < 4.78 is 6.34. The highest BCUT2D eigenvalue weighted by molar-refractivity contribution is 7.07. The molecule has 9 aliphatic rings. The number of benzene rings is 2. The summed E-state index contributed by atoms with van der Waals surface area (Å²) in [5, 5.41) is 32.9. The maximum atomic E-state index is 14.7. The van der Waals surface area contributed by atoms with E-state index < -0.39 is 5.92 Å². The summed E-state index contributed by atoms with van der Waals surface area (Å²) in [6.45, 7) is 0. The zero-order valence-electron chi connectivity index (χ0n) is 32.6. The molecule has 0 saturated heterocycles. The lowest BCUT2D eigenvalue weighted by Gasteiger charge is -2.56. The molecule has 2 aromatic carbocycles. The number of nitriles is 2. The zero-order valence-corrected chi connectivity index (χ0v) is 33.4. The molecule has 0 radical (unpaired) electrons. The molecule has 8 bridgehead atoms. The first-order valence-corrected chi connectivity index (χ1v) is 22.2. The summed E-state index contributed by atoms with van der Waals surface area (Å²) in [6, 6.07) is 25.3. The third kappa shape index (κ3) is 5.06. The Bertz CT molecular complexity index is 2750. The predicted octanol–water partition coefficient (Wildman–Crippen LogP) is 7.17. The molecule has 10 heteroatoms. The molecule has 290 valence electrons. The first kappa shape index (κ1) is 34.6. The summed E-state index contributed by atoms with van der Waals surface area (Å²) in [5.41, 5.74) is 13.0. The summed E-state index contributed by atoms with van der Waals surface area (Å²) in [7, 11) is 0. The lowest BCUT2D eigenvalue weighted by atomic mass is 9.48. The van der Waals surface area contributed by atoms with Gasteiger partial charge in [0.05, 0.1) is 56.5 Å². The number of fused-ring (bicyclic) bond motifs is 1. The van der Waals surface area contributed by atoms with Crippen LogP contribution in [0, 0.1) is 58.2 Å². The highest BCUT2D eigenvalue weighted by Gasteiger charge is 2.55. The van der Waals surface area contributed by atoms with Gasteiger partial charge in [0.15, 0.2) is 0 Å². The first-order chi connectivity index (χ1) is 28.3. The molecular formula is C48H46N8OS. The molecule has 8 fully saturated rings. The van der Waals surface area contributed by atoms with Gasteiger partial charge in [0.25, 0.3) is 5.56 Å². The number of rotatable bonds is 6. The number of allylic oxidation sites excluding steroid dienone is 1. The minimum absolute atomic E-state index is 0.0117. The lowest BCUT2D eigenvalue weighted by Crippen LogP contribution is -2.49. The number of hydrogen-bond acceptors (Lipinski definition) is 7. The van der Waals surface area contributed by atoms with Crippen molar-refractivity contribution in [2.75, 3.05) is 0 Å². The van der Waals surface area contributed by atoms with E-state index in [0.717, 1.165) is 90.2 Å². The SMILES string of the molecule is N#CC1=C(N)n2c(sc(=Cc3cn(-c4ccccc4)nc3C34CC5CC(CC(C5)C3)C4)c2=O)=C(C#N)C1c1cn(-c2ccccc2)nc1C12CC3CC(CC(C3)C1)C2. The Morgan fingerprint density at radius 1 is 0.672 bits per heavy atom. The highest BCUT2D eigenvalue weighted by atomic mass is 32.1. The fourth-order valence-electron chi connectivity index (χ4n) is 14.2. The second kappa shape index (κ2) is 12.5. The second-order valence-electron chi connectivity index (χ2n) is 19.2. The van der Waals surface area contributed by atoms with Crippen LogP contribution < -0.4 is 20.5 Å². The van der Waals surface area contributed by atoms with Crippen LogP contribution in [0.1, 0.15) is 105 Å². The van der Waals surface area contributed by atoms with Gasteiger partial charge < -0.3 is 5.73 Å². The van der Waals surface area contributed by atoms with Crippen LogP contribution in [0.15, 0.2) is 83.4 Å². The third-order valence-electron chi connectivity index (χ3n) is 15.6. The molecule has 9 nitrogen and oxygen atoms in total. The van der Waals surface area contributed by atoms with E-state index in [1.165, 1.54) is 54.4 Å². The van der Waals surface area contributed by atoms with Gasteiger partial charge >= 0.3 is 0 Å². The zero-order chi connectivity index (χ0) is 38.9. The van der Waals surface area contributed by atoms with Crippen LogP contribution in [0.3, 0.4) is 0 Å². The van der Waals surface area contributed by atoms with Crippen LogP contribution in [0.4, 0.5) is 0 Å². The monoisotopic (exact) mass is 782 g/mol. The van der Waals surface area contributed by atoms with Crippen LogP contribution in [-0.2, 0) is 10.8 Å². The Hall–Kier alpha value is -5.45. The van der Waals surface area contributed by atoms with E-state index in [4.69, 9.17) is 15.9 Å². The number of thiazole rings is 1. The van der Waals surface area contributed by atoms with Crippen molar-refractivity contribution in [1.29, 1.82) is 10.5 Å². The van der Waals surface area contributed by atoms with Gasteiger partial charge in [-0.1, -0.05) is 36.4 Å². The van der Waals surface area contributed by atoms with Gasteiger partial charge in [0.1, 0.15) is 10.5 Å². The van der Waals surface area contributed by atoms with Crippen molar-refractivity contribution in [1.82, 2.24) is 24.1 Å². The van der Waals surface area contributed by atoms with Crippen LogP contribution in [0.25, 0.3) is 28.8 Å². The van der Waals surface area contributed by atoms with Crippen molar-refractivity contribution in [2.24, 2.45) is 41.2 Å². The molecule has 5 aromatic rings. The summed E-state index contributed by atoms with van der Waals surface area (Å²) >= 11 is 1.31. The first-order valence-electron chi connectivity index (χ1n) is 21.4. The number of aromatic nitrogens is 5. The molecule has 2 N–H and O–H groups in total. The van der Waals surface area contributed by atoms with E-state index in [-0.39, 0.29) is 27.8 Å². The average molecular weight is 783 g/mol. The standard InChI is InChI=1S/C48H46N8OS/c49-24-37-41(39-27-55(36-9-5-2-6-10-36)53-43(39)48-21-31-14-32(22-48)16-33(15-31)23-48)38(25-50)46-56(44(37)51)45(57)40(58-46)17-34-26-54(35-7-3-1-4-8-35)52-42(34)47-18-28-11-29(19-47)13-30(12-28)20-47/h1-10,17,26-33,41H,11-16,18-23,51H2. The molecule has 1 unspecified atom stereocenters. The van der Waals surface area contributed by atoms with Crippen molar-refractivity contribution in [2.45, 2.75) is 93.8 Å². The van der Waals surface area contributed by atoms with Gasteiger partial charge in [-0.25, -0.2) is 9.36 Å². The minimum atomic E-state index is -0.732. The quantitative estimate of drug-likeness (QED) is 0.195. The van der Waals surface area contributed by atoms with Crippen molar-refractivity contribution in [3.8, 4) is 23.5 Å². The fraction of sp³-hybridized carbons (Fsp3) is 0.438. The van der Waals surface area contributed by atoms with Gasteiger partial charge in [-0.3, -0.25) is 9.36 Å². The Labute approximate surface area is 341 Å². The topological polar surface area (TPSA) is 131 Å². The summed E-state index contributed by atoms with van der Waals surface area (Å²) in [4.78, 5) is 14.7. The number of para-hydroxylation sites is 2. The van der Waals surface area contributed by atoms with Crippen molar-refractivity contribution in [3.63, 3.8) is 0 Å². The number of hydrogen-bond donors (Lipinski definition) is 1. The largest absolute Gasteiger partial charge is 0.384 e. The minimum Gasteiger partial charge on any atom is -0.384 e. The number of nitrogens with two attached hydrogens (primary N) is 1. The van der Waals surface area contributed by atoms with E-state index in [9.17, 15) is 15.3 Å². The van der Waals surface area contributed by atoms with E-state index in [1.807, 2.05) is 70.2 Å². The van der Waals surface area contributed by atoms with E-state index in [1.54, 1.807) is 0 Å². The van der Waals surface area contributed by atoms with Gasteiger partial charge in [-0.15, -0.1) is 11.3 Å². The molecular weight excluding hydrogens is 737 g/mol. The maximum absolute atomic E-state index is 14.7. The molecule has 0 amide bonds. The summed E-state index contributed by atoms with van der Waals surface area (Å²) in [6.07, 6.45) is 20.6. The third-order valence-corrected chi connectivity index (χ3v) is 16.7. The van der Waals surface area contributed by atoms with Crippen LogP contribution in [0.5, 0.6) is 0 Å². The molecule has 58 heavy (non-hydrogen) atoms. The molecule has 8 aliphatic carbocycles. The Kier molecular flexibility index (Phi) is 7.47. The summed E-state index contributed by atoms with van der Waals surface area (Å²) in [5.74, 6) is 3.60. The van der Waals surface area contributed by atoms with Crippen molar-refractivity contribution in [3.05, 3.63) is 121 Å². The smallest absolute Gasteiger partial charge is 0.274 e. The van der Waals surface area contributed by atoms with Gasteiger partial charge in [0, 0.05) is 34.4 Å². The molecule has 8 saturated carbocycles. The Balaban J connectivity index is 1.05. The number of nitrogens with zero attached hydrogens (tertiary/aromatic N) is 7. The average Bonchev–Trinajstić information content (AvgIpc) is 3.94. The Morgan fingerprint density at radius 2 is 1.14 bits per heavy atom. The lowest BCUT2D eigenvalue weighted by molar-refractivity contribution is -0.00778. The normalized spacial score (nSPS) is 33.1. The maximum Gasteiger partial charge on any atom is 0.274 e. The Morgan fingerprint density at radius 3 is 1.64 bits per heavy atom. The van der Waals surface area contributed by atoms with Gasteiger partial charge in [-0.05, 0) is 143 Å². The molecule has 0 spiro atoms. The molecule has 3 aromatic heterocycles. The molecule has 4 heterocycles. The van der Waals surface area contributed by atoms with E-state index in [2.05, 4.69) is 30.5 Å². The fourth-order valence-corrected chi connectivity index (χ4v) is 15.4. The molecule has 14 rings (SSSR count). The van der Waals surface area contributed by atoms with Crippen LogP contribution in [-0.4, -0.2) is 24.1 Å². The van der Waals surface area contributed by atoms with E-state index in [0.29, 0.717) is 32.5 Å². The molecule has 1 aliphatic heterocycles. The van der Waals surface area contributed by atoms with Gasteiger partial charge in [0.2, 0.25) is 0 Å². The van der Waals surface area contributed by atoms with Crippen LogP contribution >= 0.6 is 11.3 Å². The van der Waals surface area contributed by atoms with Crippen molar-refractivity contribution >= 4 is 28.8 Å². The van der Waals surface area contributed by atoms with Crippen molar-refractivity contribution < 1.29 is 0 Å².